The minimum Gasteiger partial charge on any atom is -0.392 e. The SMILES string of the molecule is CCN(C(=O)c1c(CO)c2ccccc2[nH]c1=O)c1ccccc1. The lowest BCUT2D eigenvalue weighted by Crippen LogP contribution is -2.36. The Morgan fingerprint density at radius 1 is 1.08 bits per heavy atom. The first-order chi connectivity index (χ1) is 11.7. The van der Waals surface area contributed by atoms with E-state index in [1.807, 2.05) is 43.3 Å². The number of aromatic amines is 1. The van der Waals surface area contributed by atoms with E-state index in [0.717, 1.165) is 0 Å². The van der Waals surface area contributed by atoms with Gasteiger partial charge in [-0.1, -0.05) is 36.4 Å². The number of aliphatic hydroxyl groups excluding tert-OH is 1. The van der Waals surface area contributed by atoms with Crippen LogP contribution in [0.1, 0.15) is 22.8 Å². The second-order valence-electron chi connectivity index (χ2n) is 5.40. The predicted molar refractivity (Wildman–Crippen MR) is 94.3 cm³/mol. The first-order valence-corrected chi connectivity index (χ1v) is 7.79. The van der Waals surface area contributed by atoms with Gasteiger partial charge in [0.1, 0.15) is 5.56 Å². The van der Waals surface area contributed by atoms with Gasteiger partial charge in [0.2, 0.25) is 0 Å². The Balaban J connectivity index is 2.19. The number of nitrogens with zero attached hydrogens (tertiary/aromatic N) is 1. The summed E-state index contributed by atoms with van der Waals surface area (Å²) in [6, 6.07) is 16.3. The van der Waals surface area contributed by atoms with Crippen molar-refractivity contribution in [3.8, 4) is 0 Å². The van der Waals surface area contributed by atoms with Gasteiger partial charge in [-0.2, -0.15) is 0 Å². The predicted octanol–water partition coefficient (Wildman–Crippen LogP) is 2.69. The molecule has 0 saturated heterocycles. The highest BCUT2D eigenvalue weighted by Gasteiger charge is 2.24. The molecule has 5 heteroatoms. The average Bonchev–Trinajstić information content (AvgIpc) is 2.61. The van der Waals surface area contributed by atoms with Crippen molar-refractivity contribution in [3.05, 3.63) is 76.1 Å². The van der Waals surface area contributed by atoms with E-state index in [2.05, 4.69) is 4.98 Å². The highest BCUT2D eigenvalue weighted by atomic mass is 16.3. The summed E-state index contributed by atoms with van der Waals surface area (Å²) in [5.74, 6) is -0.417. The van der Waals surface area contributed by atoms with E-state index < -0.39 is 11.5 Å². The highest BCUT2D eigenvalue weighted by molar-refractivity contribution is 6.09. The number of benzene rings is 2. The Bertz CT molecular complexity index is 932. The molecular weight excluding hydrogens is 304 g/mol. The summed E-state index contributed by atoms with van der Waals surface area (Å²) in [4.78, 5) is 29.8. The topological polar surface area (TPSA) is 73.4 Å². The number of H-pyrrole nitrogens is 1. The molecule has 5 nitrogen and oxygen atoms in total. The first-order valence-electron chi connectivity index (χ1n) is 7.79. The molecule has 0 bridgehead atoms. The maximum Gasteiger partial charge on any atom is 0.264 e. The van der Waals surface area contributed by atoms with E-state index >= 15 is 0 Å². The molecule has 3 rings (SSSR count). The van der Waals surface area contributed by atoms with Crippen molar-refractivity contribution < 1.29 is 9.90 Å². The van der Waals surface area contributed by atoms with Crippen molar-refractivity contribution in [2.24, 2.45) is 0 Å². The maximum absolute atomic E-state index is 13.0. The van der Waals surface area contributed by atoms with Crippen LogP contribution in [-0.4, -0.2) is 22.5 Å². The van der Waals surface area contributed by atoms with Crippen LogP contribution in [0.3, 0.4) is 0 Å². The number of hydrogen-bond donors (Lipinski definition) is 2. The minimum atomic E-state index is -0.489. The van der Waals surface area contributed by atoms with Gasteiger partial charge in [0.25, 0.3) is 11.5 Å². The van der Waals surface area contributed by atoms with Gasteiger partial charge >= 0.3 is 0 Å². The van der Waals surface area contributed by atoms with Crippen molar-refractivity contribution in [2.45, 2.75) is 13.5 Å². The molecular formula is C19H18N2O3. The number of rotatable bonds is 4. The number of amides is 1. The van der Waals surface area contributed by atoms with Crippen molar-refractivity contribution in [3.63, 3.8) is 0 Å². The maximum atomic E-state index is 13.0. The Labute approximate surface area is 139 Å². The number of aromatic nitrogens is 1. The summed E-state index contributed by atoms with van der Waals surface area (Å²) in [7, 11) is 0. The Morgan fingerprint density at radius 2 is 1.75 bits per heavy atom. The van der Waals surface area contributed by atoms with E-state index in [1.54, 1.807) is 18.2 Å². The zero-order valence-electron chi connectivity index (χ0n) is 13.3. The van der Waals surface area contributed by atoms with Crippen molar-refractivity contribution >= 4 is 22.5 Å². The van der Waals surface area contributed by atoms with Crippen LogP contribution in [0.4, 0.5) is 5.69 Å². The van der Waals surface area contributed by atoms with E-state index in [4.69, 9.17) is 0 Å². The summed E-state index contributed by atoms with van der Waals surface area (Å²) in [5, 5.41) is 10.5. The van der Waals surface area contributed by atoms with E-state index in [9.17, 15) is 14.7 Å². The Morgan fingerprint density at radius 3 is 2.42 bits per heavy atom. The lowest BCUT2D eigenvalue weighted by molar-refractivity contribution is 0.0984. The largest absolute Gasteiger partial charge is 0.392 e. The molecule has 24 heavy (non-hydrogen) atoms. The van der Waals surface area contributed by atoms with Gasteiger partial charge in [0, 0.05) is 28.7 Å². The molecule has 0 aliphatic carbocycles. The van der Waals surface area contributed by atoms with Crippen LogP contribution in [0.25, 0.3) is 10.9 Å². The van der Waals surface area contributed by atoms with Gasteiger partial charge in [-0.15, -0.1) is 0 Å². The highest BCUT2D eigenvalue weighted by Crippen LogP contribution is 2.22. The zero-order valence-corrected chi connectivity index (χ0v) is 13.3. The number of para-hydroxylation sites is 2. The van der Waals surface area contributed by atoms with Gasteiger partial charge in [-0.25, -0.2) is 0 Å². The van der Waals surface area contributed by atoms with E-state index in [1.165, 1.54) is 4.90 Å². The van der Waals surface area contributed by atoms with Crippen molar-refractivity contribution in [2.75, 3.05) is 11.4 Å². The number of pyridine rings is 1. The van der Waals surface area contributed by atoms with Crippen LogP contribution >= 0.6 is 0 Å². The quantitative estimate of drug-likeness (QED) is 0.775. The Hall–Kier alpha value is -2.92. The molecule has 0 radical (unpaired) electrons. The number of carbonyl (C=O) groups excluding carboxylic acids is 1. The van der Waals surface area contributed by atoms with Crippen LogP contribution in [-0.2, 0) is 6.61 Å². The van der Waals surface area contributed by atoms with Gasteiger partial charge in [-0.05, 0) is 25.1 Å². The third kappa shape index (κ3) is 2.70. The molecule has 1 aromatic heterocycles. The molecule has 1 heterocycles. The van der Waals surface area contributed by atoms with Crippen LogP contribution in [0.5, 0.6) is 0 Å². The summed E-state index contributed by atoms with van der Waals surface area (Å²) in [6.45, 7) is 1.89. The fourth-order valence-electron chi connectivity index (χ4n) is 2.89. The van der Waals surface area contributed by atoms with Crippen LogP contribution in [0.2, 0.25) is 0 Å². The molecule has 3 aromatic rings. The van der Waals surface area contributed by atoms with Crippen molar-refractivity contribution in [1.82, 2.24) is 4.98 Å². The zero-order chi connectivity index (χ0) is 17.1. The third-order valence-electron chi connectivity index (χ3n) is 4.03. The second-order valence-corrected chi connectivity index (χ2v) is 5.40. The molecule has 0 fully saturated rings. The lowest BCUT2D eigenvalue weighted by Gasteiger charge is -2.22. The molecule has 2 aromatic carbocycles. The molecule has 0 spiro atoms. The molecule has 0 atom stereocenters. The van der Waals surface area contributed by atoms with Crippen molar-refractivity contribution in [1.29, 1.82) is 0 Å². The van der Waals surface area contributed by atoms with Gasteiger partial charge in [0.15, 0.2) is 0 Å². The van der Waals surface area contributed by atoms with Gasteiger partial charge in [0.05, 0.1) is 6.61 Å². The molecule has 0 saturated carbocycles. The number of anilines is 1. The lowest BCUT2D eigenvalue weighted by atomic mass is 10.0. The Kier molecular flexibility index (Phi) is 4.44. The molecule has 0 aliphatic heterocycles. The standard InChI is InChI=1S/C19H18N2O3/c1-2-21(13-8-4-3-5-9-13)19(24)17-15(12-22)14-10-6-7-11-16(14)20-18(17)23/h3-11,22H,2,12H2,1H3,(H,20,23). The van der Waals surface area contributed by atoms with E-state index in [-0.39, 0.29) is 12.2 Å². The molecule has 2 N–H and O–H groups in total. The first kappa shape index (κ1) is 16.0. The van der Waals surface area contributed by atoms with Gasteiger partial charge < -0.3 is 15.0 Å². The van der Waals surface area contributed by atoms with Gasteiger partial charge in [-0.3, -0.25) is 9.59 Å². The number of fused-ring (bicyclic) bond motifs is 1. The summed E-state index contributed by atoms with van der Waals surface area (Å²) < 4.78 is 0. The summed E-state index contributed by atoms with van der Waals surface area (Å²) in [5.41, 5.74) is 1.17. The summed E-state index contributed by atoms with van der Waals surface area (Å²) in [6.07, 6.45) is 0. The molecule has 1 amide bonds. The minimum absolute atomic E-state index is 0.0121. The number of carbonyl (C=O) groups is 1. The molecule has 0 unspecified atom stereocenters. The summed E-state index contributed by atoms with van der Waals surface area (Å²) >= 11 is 0. The fourth-order valence-corrected chi connectivity index (χ4v) is 2.89. The smallest absolute Gasteiger partial charge is 0.264 e. The van der Waals surface area contributed by atoms with Crippen LogP contribution in [0, 0.1) is 0 Å². The van der Waals surface area contributed by atoms with Crippen LogP contribution < -0.4 is 10.5 Å². The number of nitrogens with one attached hydrogen (secondary N) is 1. The normalized spacial score (nSPS) is 10.8. The number of aliphatic hydroxyl groups is 1. The van der Waals surface area contributed by atoms with Crippen LogP contribution in [0.15, 0.2) is 59.4 Å². The fraction of sp³-hybridized carbons (Fsp3) is 0.158. The molecule has 0 aliphatic rings. The second kappa shape index (κ2) is 6.68. The average molecular weight is 322 g/mol. The number of hydrogen-bond acceptors (Lipinski definition) is 3. The molecule has 122 valence electrons. The van der Waals surface area contributed by atoms with E-state index in [0.29, 0.717) is 28.7 Å². The monoisotopic (exact) mass is 322 g/mol. The third-order valence-corrected chi connectivity index (χ3v) is 4.03.